The van der Waals surface area contributed by atoms with Gasteiger partial charge >= 0.3 is 0 Å². The van der Waals surface area contributed by atoms with Crippen molar-refractivity contribution in [3.05, 3.63) is 23.0 Å². The Morgan fingerprint density at radius 1 is 1.55 bits per heavy atom. The molecule has 1 aliphatic rings. The number of ether oxygens (including phenoxy) is 1. The molecule has 20 heavy (non-hydrogen) atoms. The Kier molecular flexibility index (Phi) is 4.53. The lowest BCUT2D eigenvalue weighted by Crippen LogP contribution is -2.32. The van der Waals surface area contributed by atoms with Crippen LogP contribution < -0.4 is 10.5 Å². The van der Waals surface area contributed by atoms with E-state index in [2.05, 4.69) is 4.72 Å². The summed E-state index contributed by atoms with van der Waals surface area (Å²) in [6.45, 7) is 2.67. The number of halogens is 2. The number of nitrogen functional groups attached to an aromatic ring is 1. The molecular formula is C12H16ClFN2O3S. The number of hydrogen-bond acceptors (Lipinski definition) is 4. The minimum absolute atomic E-state index is 0.0213. The third kappa shape index (κ3) is 3.22. The standard InChI is InChI=1S/C12H16ClFN2O3S/c1-7-8(2-3-19-7)6-16-20(17,18)11-5-9(15)4-10(13)12(11)14/h4-5,7-8,16H,2-3,6,15H2,1H3. The quantitative estimate of drug-likeness (QED) is 0.828. The summed E-state index contributed by atoms with van der Waals surface area (Å²) in [5.41, 5.74) is 5.59. The van der Waals surface area contributed by atoms with Crippen LogP contribution in [0.1, 0.15) is 13.3 Å². The maximum Gasteiger partial charge on any atom is 0.243 e. The van der Waals surface area contributed by atoms with E-state index in [4.69, 9.17) is 22.1 Å². The molecule has 0 aromatic heterocycles. The van der Waals surface area contributed by atoms with E-state index >= 15 is 0 Å². The first-order valence-corrected chi connectivity index (χ1v) is 8.03. The normalized spacial score (nSPS) is 23.1. The first-order valence-electron chi connectivity index (χ1n) is 6.17. The van der Waals surface area contributed by atoms with Gasteiger partial charge in [0, 0.05) is 24.8 Å². The molecule has 0 aliphatic carbocycles. The van der Waals surface area contributed by atoms with E-state index in [0.29, 0.717) is 6.61 Å². The summed E-state index contributed by atoms with van der Waals surface area (Å²) in [6, 6.07) is 2.22. The zero-order valence-electron chi connectivity index (χ0n) is 10.9. The monoisotopic (exact) mass is 322 g/mol. The largest absolute Gasteiger partial charge is 0.399 e. The van der Waals surface area contributed by atoms with Crippen molar-refractivity contribution in [1.82, 2.24) is 4.72 Å². The second-order valence-corrected chi connectivity index (χ2v) is 6.93. The van der Waals surface area contributed by atoms with Crippen molar-refractivity contribution in [1.29, 1.82) is 0 Å². The molecule has 1 aromatic carbocycles. The molecule has 0 bridgehead atoms. The molecule has 2 unspecified atom stereocenters. The topological polar surface area (TPSA) is 81.4 Å². The fourth-order valence-corrected chi connectivity index (χ4v) is 3.63. The average Bonchev–Trinajstić information content (AvgIpc) is 2.77. The smallest absolute Gasteiger partial charge is 0.243 e. The minimum atomic E-state index is -3.99. The van der Waals surface area contributed by atoms with Crippen LogP contribution in [-0.4, -0.2) is 27.7 Å². The Bertz CT molecular complexity index is 609. The molecule has 1 aromatic rings. The molecule has 2 atom stereocenters. The Hall–Kier alpha value is -0.890. The third-order valence-corrected chi connectivity index (χ3v) is 5.07. The third-order valence-electron chi connectivity index (χ3n) is 3.38. The molecule has 112 valence electrons. The molecule has 0 radical (unpaired) electrons. The molecule has 0 amide bonds. The number of sulfonamides is 1. The van der Waals surface area contributed by atoms with Crippen molar-refractivity contribution in [3.63, 3.8) is 0 Å². The van der Waals surface area contributed by atoms with Gasteiger partial charge in [-0.1, -0.05) is 11.6 Å². The van der Waals surface area contributed by atoms with Crippen LogP contribution >= 0.6 is 11.6 Å². The van der Waals surface area contributed by atoms with Crippen molar-refractivity contribution in [2.24, 2.45) is 5.92 Å². The van der Waals surface area contributed by atoms with Crippen LogP contribution in [0.2, 0.25) is 5.02 Å². The van der Waals surface area contributed by atoms with Gasteiger partial charge in [0.1, 0.15) is 4.90 Å². The highest BCUT2D eigenvalue weighted by Crippen LogP contribution is 2.26. The number of hydrogen-bond donors (Lipinski definition) is 2. The van der Waals surface area contributed by atoms with Crippen molar-refractivity contribution in [2.75, 3.05) is 18.9 Å². The van der Waals surface area contributed by atoms with Crippen LogP contribution in [0.4, 0.5) is 10.1 Å². The van der Waals surface area contributed by atoms with Gasteiger partial charge in [0.2, 0.25) is 10.0 Å². The highest BCUT2D eigenvalue weighted by Gasteiger charge is 2.28. The predicted octanol–water partition coefficient (Wildman–Crippen LogP) is 1.76. The van der Waals surface area contributed by atoms with E-state index < -0.39 is 20.7 Å². The number of nitrogens with one attached hydrogen (secondary N) is 1. The van der Waals surface area contributed by atoms with Crippen LogP contribution in [0.3, 0.4) is 0 Å². The van der Waals surface area contributed by atoms with Crippen molar-refractivity contribution < 1.29 is 17.5 Å². The van der Waals surface area contributed by atoms with Gasteiger partial charge < -0.3 is 10.5 Å². The number of benzene rings is 1. The van der Waals surface area contributed by atoms with Crippen molar-refractivity contribution in [3.8, 4) is 0 Å². The highest BCUT2D eigenvalue weighted by molar-refractivity contribution is 7.89. The maximum absolute atomic E-state index is 13.8. The fourth-order valence-electron chi connectivity index (χ4n) is 2.12. The number of anilines is 1. The van der Waals surface area contributed by atoms with E-state index in [1.807, 2.05) is 6.92 Å². The lowest BCUT2D eigenvalue weighted by molar-refractivity contribution is 0.107. The van der Waals surface area contributed by atoms with E-state index in [1.165, 1.54) is 6.07 Å². The van der Waals surface area contributed by atoms with E-state index in [0.717, 1.165) is 12.5 Å². The SMILES string of the molecule is CC1OCCC1CNS(=O)(=O)c1cc(N)cc(Cl)c1F. The lowest BCUT2D eigenvalue weighted by Gasteiger charge is -2.15. The minimum Gasteiger partial charge on any atom is -0.399 e. The summed E-state index contributed by atoms with van der Waals surface area (Å²) >= 11 is 5.61. The van der Waals surface area contributed by atoms with E-state index in [-0.39, 0.29) is 29.3 Å². The second-order valence-electron chi connectivity index (χ2n) is 4.79. The number of rotatable bonds is 4. The van der Waals surface area contributed by atoms with Gasteiger partial charge in [-0.2, -0.15) is 0 Å². The van der Waals surface area contributed by atoms with Gasteiger partial charge in [0.25, 0.3) is 0 Å². The molecule has 0 spiro atoms. The molecule has 5 nitrogen and oxygen atoms in total. The maximum atomic E-state index is 13.8. The molecule has 8 heteroatoms. The summed E-state index contributed by atoms with van der Waals surface area (Å²) in [6.07, 6.45) is 0.746. The summed E-state index contributed by atoms with van der Waals surface area (Å²) < 4.78 is 45.8. The predicted molar refractivity (Wildman–Crippen MR) is 74.5 cm³/mol. The zero-order valence-corrected chi connectivity index (χ0v) is 12.5. The lowest BCUT2D eigenvalue weighted by atomic mass is 10.0. The highest BCUT2D eigenvalue weighted by atomic mass is 35.5. The number of nitrogens with two attached hydrogens (primary N) is 1. The molecular weight excluding hydrogens is 307 g/mol. The molecule has 1 heterocycles. The summed E-state index contributed by atoms with van der Waals surface area (Å²) in [5.74, 6) is -0.923. The molecule has 1 saturated heterocycles. The van der Waals surface area contributed by atoms with Gasteiger partial charge in [-0.25, -0.2) is 17.5 Å². The molecule has 1 fully saturated rings. The molecule has 0 saturated carbocycles. The second kappa shape index (κ2) is 5.85. The molecule has 1 aliphatic heterocycles. The van der Waals surface area contributed by atoms with Gasteiger partial charge in [-0.3, -0.25) is 0 Å². The van der Waals surface area contributed by atoms with Gasteiger partial charge in [0.05, 0.1) is 11.1 Å². The zero-order chi connectivity index (χ0) is 14.9. The molecule has 3 N–H and O–H groups in total. The Balaban J connectivity index is 2.18. The summed E-state index contributed by atoms with van der Waals surface area (Å²) in [4.78, 5) is -0.533. The van der Waals surface area contributed by atoms with E-state index in [1.54, 1.807) is 0 Å². The van der Waals surface area contributed by atoms with Crippen molar-refractivity contribution >= 4 is 27.3 Å². The average molecular weight is 323 g/mol. The van der Waals surface area contributed by atoms with Crippen LogP contribution in [0.25, 0.3) is 0 Å². The van der Waals surface area contributed by atoms with Gasteiger partial charge in [-0.05, 0) is 25.5 Å². The van der Waals surface area contributed by atoms with Crippen molar-refractivity contribution in [2.45, 2.75) is 24.3 Å². The Labute approximate surface area is 122 Å². The van der Waals surface area contributed by atoms with E-state index in [9.17, 15) is 12.8 Å². The first kappa shape index (κ1) is 15.5. The Morgan fingerprint density at radius 3 is 2.85 bits per heavy atom. The first-order chi connectivity index (χ1) is 9.31. The van der Waals surface area contributed by atoms with Crippen LogP contribution in [0, 0.1) is 11.7 Å². The molecule has 2 rings (SSSR count). The Morgan fingerprint density at radius 2 is 2.25 bits per heavy atom. The summed E-state index contributed by atoms with van der Waals surface area (Å²) in [5, 5.41) is -0.317. The van der Waals surface area contributed by atoms with Gasteiger partial charge in [-0.15, -0.1) is 0 Å². The summed E-state index contributed by atoms with van der Waals surface area (Å²) in [7, 11) is -3.99. The van der Waals surface area contributed by atoms with Crippen LogP contribution in [-0.2, 0) is 14.8 Å². The van der Waals surface area contributed by atoms with Crippen LogP contribution in [0.5, 0.6) is 0 Å². The fraction of sp³-hybridized carbons (Fsp3) is 0.500. The van der Waals surface area contributed by atoms with Crippen LogP contribution in [0.15, 0.2) is 17.0 Å². The van der Waals surface area contributed by atoms with Gasteiger partial charge in [0.15, 0.2) is 5.82 Å².